The number of nitrogens with two attached hydrogens (primary N) is 1. The van der Waals surface area contributed by atoms with E-state index in [0.29, 0.717) is 9.40 Å². The van der Waals surface area contributed by atoms with Gasteiger partial charge in [-0.05, 0) is 13.8 Å². The highest BCUT2D eigenvalue weighted by Gasteiger charge is 2.26. The van der Waals surface area contributed by atoms with Crippen molar-refractivity contribution < 1.29 is 24.2 Å². The summed E-state index contributed by atoms with van der Waals surface area (Å²) in [5, 5.41) is 10.4. The largest absolute Gasteiger partial charge is 0.505 e. The van der Waals surface area contributed by atoms with Crippen molar-refractivity contribution in [2.75, 3.05) is 18.9 Å². The van der Waals surface area contributed by atoms with Crippen molar-refractivity contribution in [3.63, 3.8) is 0 Å². The molecule has 108 valence electrons. The second-order valence-corrected chi connectivity index (χ2v) is 6.03. The van der Waals surface area contributed by atoms with Crippen molar-refractivity contribution in [1.82, 2.24) is 0 Å². The summed E-state index contributed by atoms with van der Waals surface area (Å²) in [7, 11) is 0. The van der Waals surface area contributed by atoms with Gasteiger partial charge in [-0.2, -0.15) is 0 Å². The maximum atomic E-state index is 11.7. The molecule has 0 aromatic carbocycles. The Balaban J connectivity index is 2.49. The fourth-order valence-electron chi connectivity index (χ4n) is 1.66. The molecular formula is C12H13NO5S2. The van der Waals surface area contributed by atoms with Gasteiger partial charge in [-0.1, -0.05) is 0 Å². The molecule has 0 bridgehead atoms. The summed E-state index contributed by atoms with van der Waals surface area (Å²) in [6.07, 6.45) is 0. The van der Waals surface area contributed by atoms with Crippen LogP contribution in [-0.4, -0.2) is 30.3 Å². The molecule has 2 aromatic heterocycles. The first-order chi connectivity index (χ1) is 9.51. The van der Waals surface area contributed by atoms with Crippen LogP contribution in [-0.2, 0) is 9.47 Å². The third-order valence-corrected chi connectivity index (χ3v) is 4.92. The molecule has 3 N–H and O–H groups in total. The predicted molar refractivity (Wildman–Crippen MR) is 77.7 cm³/mol. The number of esters is 2. The second kappa shape index (κ2) is 5.68. The minimum atomic E-state index is -0.601. The summed E-state index contributed by atoms with van der Waals surface area (Å²) < 4.78 is 10.3. The minimum Gasteiger partial charge on any atom is -0.505 e. The van der Waals surface area contributed by atoms with E-state index in [4.69, 9.17) is 15.2 Å². The second-order valence-electron chi connectivity index (χ2n) is 3.73. The van der Waals surface area contributed by atoms with Crippen molar-refractivity contribution in [3.8, 4) is 5.75 Å². The van der Waals surface area contributed by atoms with E-state index in [0.717, 1.165) is 22.7 Å². The molecule has 0 saturated carbocycles. The number of rotatable bonds is 4. The minimum absolute atomic E-state index is 0.0928. The van der Waals surface area contributed by atoms with Crippen LogP contribution < -0.4 is 5.73 Å². The molecule has 8 heteroatoms. The molecule has 0 saturated heterocycles. The fourth-order valence-corrected chi connectivity index (χ4v) is 4.01. The van der Waals surface area contributed by atoms with Crippen LogP contribution >= 0.6 is 22.7 Å². The lowest BCUT2D eigenvalue weighted by Crippen LogP contribution is -2.05. The molecule has 0 radical (unpaired) electrons. The maximum absolute atomic E-state index is 11.7. The van der Waals surface area contributed by atoms with E-state index in [1.54, 1.807) is 13.8 Å². The van der Waals surface area contributed by atoms with E-state index in [9.17, 15) is 14.7 Å². The zero-order valence-corrected chi connectivity index (χ0v) is 12.5. The van der Waals surface area contributed by atoms with Crippen LogP contribution in [0.15, 0.2) is 0 Å². The number of thiophene rings is 2. The van der Waals surface area contributed by atoms with Gasteiger partial charge in [0.05, 0.1) is 28.3 Å². The van der Waals surface area contributed by atoms with Gasteiger partial charge in [0.25, 0.3) is 0 Å². The van der Waals surface area contributed by atoms with Crippen LogP contribution in [0, 0.1) is 0 Å². The highest BCUT2D eigenvalue weighted by atomic mass is 32.2. The normalized spacial score (nSPS) is 10.7. The van der Waals surface area contributed by atoms with Crippen molar-refractivity contribution in [2.45, 2.75) is 13.8 Å². The van der Waals surface area contributed by atoms with E-state index < -0.39 is 11.9 Å². The van der Waals surface area contributed by atoms with Gasteiger partial charge in [0.2, 0.25) is 0 Å². The lowest BCUT2D eigenvalue weighted by atomic mass is 10.2. The van der Waals surface area contributed by atoms with Crippen molar-refractivity contribution in [3.05, 3.63) is 9.75 Å². The highest BCUT2D eigenvalue weighted by molar-refractivity contribution is 7.40. The van der Waals surface area contributed by atoms with Gasteiger partial charge in [-0.3, -0.25) is 0 Å². The Hall–Kier alpha value is -1.80. The van der Waals surface area contributed by atoms with Crippen molar-refractivity contribution in [1.29, 1.82) is 0 Å². The number of hydrogen-bond donors (Lipinski definition) is 2. The maximum Gasteiger partial charge on any atom is 0.352 e. The van der Waals surface area contributed by atoms with Gasteiger partial charge in [-0.15, -0.1) is 22.7 Å². The first-order valence-electron chi connectivity index (χ1n) is 5.89. The number of carbonyl (C=O) groups is 2. The Labute approximate surface area is 122 Å². The average Bonchev–Trinajstić information content (AvgIpc) is 2.89. The number of anilines is 1. The standard InChI is InChI=1S/C12H13NO5S2/c1-3-17-10(15)8-6(13)5-7(14)9(11(16)18-4-2)20-12(5)19-8/h14H,3-4,13H2,1-2H3. The summed E-state index contributed by atoms with van der Waals surface area (Å²) in [4.78, 5) is 23.7. The van der Waals surface area contributed by atoms with Crippen LogP contribution in [0.1, 0.15) is 33.2 Å². The molecule has 2 aromatic rings. The lowest BCUT2D eigenvalue weighted by Gasteiger charge is -2.01. The van der Waals surface area contributed by atoms with E-state index in [-0.39, 0.29) is 34.4 Å². The smallest absolute Gasteiger partial charge is 0.352 e. The van der Waals surface area contributed by atoms with E-state index in [1.165, 1.54) is 0 Å². The molecule has 0 fully saturated rings. The van der Waals surface area contributed by atoms with Gasteiger partial charge < -0.3 is 20.3 Å². The summed E-state index contributed by atoms with van der Waals surface area (Å²) in [6, 6.07) is 0. The number of hydrogen-bond acceptors (Lipinski definition) is 8. The summed E-state index contributed by atoms with van der Waals surface area (Å²) >= 11 is 2.14. The number of aromatic hydroxyl groups is 1. The Morgan fingerprint density at radius 3 is 2.10 bits per heavy atom. The molecular weight excluding hydrogens is 302 g/mol. The number of nitrogen functional groups attached to an aromatic ring is 1. The number of fused-ring (bicyclic) bond motifs is 1. The molecule has 0 aliphatic carbocycles. The van der Waals surface area contributed by atoms with Gasteiger partial charge in [-0.25, -0.2) is 9.59 Å². The molecule has 0 aliphatic heterocycles. The number of ether oxygens (including phenoxy) is 2. The van der Waals surface area contributed by atoms with Gasteiger partial charge in [0, 0.05) is 0 Å². The lowest BCUT2D eigenvalue weighted by molar-refractivity contribution is 0.0521. The third-order valence-electron chi connectivity index (χ3n) is 2.48. The predicted octanol–water partition coefficient (Wildman–Crippen LogP) is 2.60. The molecule has 0 amide bonds. The SMILES string of the molecule is CCOC(=O)c1sc2sc(C(=O)OCC)c(O)c2c1N. The highest BCUT2D eigenvalue weighted by Crippen LogP contribution is 2.47. The molecule has 2 heterocycles. The zero-order chi connectivity index (χ0) is 14.9. The topological polar surface area (TPSA) is 98.9 Å². The molecule has 0 atom stereocenters. The number of carbonyl (C=O) groups excluding carboxylic acids is 2. The summed E-state index contributed by atoms with van der Waals surface area (Å²) in [6.45, 7) is 3.83. The Morgan fingerprint density at radius 1 is 1.10 bits per heavy atom. The zero-order valence-electron chi connectivity index (χ0n) is 10.9. The third kappa shape index (κ3) is 2.32. The fraction of sp³-hybridized carbons (Fsp3) is 0.333. The Kier molecular flexibility index (Phi) is 4.15. The molecule has 0 aliphatic rings. The first-order valence-corrected chi connectivity index (χ1v) is 7.52. The van der Waals surface area contributed by atoms with Crippen LogP contribution in [0.3, 0.4) is 0 Å². The van der Waals surface area contributed by atoms with Crippen LogP contribution in [0.25, 0.3) is 9.40 Å². The molecule has 6 nitrogen and oxygen atoms in total. The molecule has 2 rings (SSSR count). The van der Waals surface area contributed by atoms with E-state index in [1.807, 2.05) is 0 Å². The first kappa shape index (κ1) is 14.6. The quantitative estimate of drug-likeness (QED) is 0.841. The van der Waals surface area contributed by atoms with Gasteiger partial charge >= 0.3 is 11.9 Å². The average molecular weight is 315 g/mol. The van der Waals surface area contributed by atoms with Gasteiger partial charge in [0.1, 0.15) is 4.88 Å². The van der Waals surface area contributed by atoms with E-state index in [2.05, 4.69) is 0 Å². The molecule has 0 spiro atoms. The Bertz CT molecular complexity index is 619. The summed E-state index contributed by atoms with van der Waals surface area (Å²) in [5.41, 5.74) is 5.99. The van der Waals surface area contributed by atoms with Crippen LogP contribution in [0.5, 0.6) is 5.75 Å². The summed E-state index contributed by atoms with van der Waals surface area (Å²) in [5.74, 6) is -1.38. The van der Waals surface area contributed by atoms with Crippen LogP contribution in [0.4, 0.5) is 5.69 Å². The molecule has 0 unspecified atom stereocenters. The monoisotopic (exact) mass is 315 g/mol. The van der Waals surface area contributed by atoms with Crippen molar-refractivity contribution >= 4 is 49.7 Å². The van der Waals surface area contributed by atoms with Crippen molar-refractivity contribution in [2.24, 2.45) is 0 Å². The van der Waals surface area contributed by atoms with Crippen LogP contribution in [0.2, 0.25) is 0 Å². The van der Waals surface area contributed by atoms with E-state index >= 15 is 0 Å². The molecule has 20 heavy (non-hydrogen) atoms. The Morgan fingerprint density at radius 2 is 1.60 bits per heavy atom. The van der Waals surface area contributed by atoms with Gasteiger partial charge in [0.15, 0.2) is 10.6 Å².